The quantitative estimate of drug-likeness (QED) is 0.726. The minimum Gasteiger partial charge on any atom is -0.347 e. The molecule has 2 aromatic carbocycles. The van der Waals surface area contributed by atoms with Gasteiger partial charge in [0, 0.05) is 29.0 Å². The van der Waals surface area contributed by atoms with Gasteiger partial charge in [-0.15, -0.1) is 0 Å². The maximum absolute atomic E-state index is 13.6. The Labute approximate surface area is 148 Å². The number of carbonyl (C=O) groups is 1. The first-order valence-corrected chi connectivity index (χ1v) is 7.87. The second kappa shape index (κ2) is 7.72. The van der Waals surface area contributed by atoms with E-state index in [0.29, 0.717) is 16.3 Å². The van der Waals surface area contributed by atoms with E-state index in [9.17, 15) is 9.18 Å². The lowest BCUT2D eigenvalue weighted by molar-refractivity contribution is 0.0945. The number of anilines is 2. The van der Waals surface area contributed by atoms with Gasteiger partial charge in [-0.05, 0) is 30.3 Å². The summed E-state index contributed by atoms with van der Waals surface area (Å²) in [6, 6.07) is 14.8. The van der Waals surface area contributed by atoms with Crippen LogP contribution >= 0.6 is 11.6 Å². The molecule has 0 radical (unpaired) electrons. The molecule has 5 nitrogen and oxygen atoms in total. The molecule has 0 unspecified atom stereocenters. The highest BCUT2D eigenvalue weighted by Crippen LogP contribution is 2.17. The van der Waals surface area contributed by atoms with Crippen molar-refractivity contribution in [1.29, 1.82) is 0 Å². The number of nitrogens with one attached hydrogen (secondary N) is 2. The highest BCUT2D eigenvalue weighted by molar-refractivity contribution is 6.30. The number of halogens is 2. The predicted octanol–water partition coefficient (Wildman–Crippen LogP) is 3.94. The summed E-state index contributed by atoms with van der Waals surface area (Å²) in [7, 11) is 0. The predicted molar refractivity (Wildman–Crippen MR) is 94.3 cm³/mol. The van der Waals surface area contributed by atoms with Crippen molar-refractivity contribution in [2.24, 2.45) is 0 Å². The Kier molecular flexibility index (Phi) is 5.20. The van der Waals surface area contributed by atoms with E-state index in [0.717, 1.165) is 0 Å². The largest absolute Gasteiger partial charge is 0.347 e. The van der Waals surface area contributed by atoms with Crippen LogP contribution in [0.5, 0.6) is 0 Å². The van der Waals surface area contributed by atoms with Crippen LogP contribution in [0.4, 0.5) is 16.0 Å². The molecule has 0 aliphatic rings. The zero-order chi connectivity index (χ0) is 17.6. The minimum absolute atomic E-state index is 0.0760. The fourth-order valence-corrected chi connectivity index (χ4v) is 2.34. The van der Waals surface area contributed by atoms with Gasteiger partial charge in [0.15, 0.2) is 0 Å². The number of hydrogen-bond donors (Lipinski definition) is 2. The van der Waals surface area contributed by atoms with Crippen LogP contribution in [0.3, 0.4) is 0 Å². The number of nitrogens with zero attached hydrogens (tertiary/aromatic N) is 2. The van der Waals surface area contributed by atoms with E-state index < -0.39 is 5.91 Å². The Balaban J connectivity index is 1.68. The van der Waals surface area contributed by atoms with Gasteiger partial charge in [0.05, 0.1) is 0 Å². The van der Waals surface area contributed by atoms with Gasteiger partial charge in [-0.1, -0.05) is 35.9 Å². The van der Waals surface area contributed by atoms with E-state index in [1.165, 1.54) is 18.3 Å². The molecule has 0 bridgehead atoms. The van der Waals surface area contributed by atoms with Crippen molar-refractivity contribution in [3.05, 3.63) is 82.9 Å². The van der Waals surface area contributed by atoms with E-state index in [4.69, 9.17) is 11.6 Å². The van der Waals surface area contributed by atoms with Crippen LogP contribution in [0.15, 0.2) is 60.8 Å². The molecule has 1 heterocycles. The van der Waals surface area contributed by atoms with Crippen LogP contribution in [0.25, 0.3) is 0 Å². The average molecular weight is 357 g/mol. The van der Waals surface area contributed by atoms with Crippen LogP contribution in [0.1, 0.15) is 16.1 Å². The molecular weight excluding hydrogens is 343 g/mol. The van der Waals surface area contributed by atoms with Crippen molar-refractivity contribution in [2.45, 2.75) is 6.54 Å². The molecule has 126 valence electrons. The Hall–Kier alpha value is -2.99. The van der Waals surface area contributed by atoms with Crippen molar-refractivity contribution in [1.82, 2.24) is 15.3 Å². The van der Waals surface area contributed by atoms with E-state index in [1.54, 1.807) is 42.5 Å². The fourth-order valence-electron chi connectivity index (χ4n) is 2.15. The first-order chi connectivity index (χ1) is 12.1. The zero-order valence-corrected chi connectivity index (χ0v) is 13.8. The minimum atomic E-state index is -0.417. The number of aromatic nitrogens is 2. The molecule has 0 saturated heterocycles. The summed E-state index contributed by atoms with van der Waals surface area (Å²) in [6.45, 7) is 0.0760. The second-order valence-electron chi connectivity index (χ2n) is 5.17. The maximum Gasteiger partial charge on any atom is 0.270 e. The van der Waals surface area contributed by atoms with Gasteiger partial charge in [0.1, 0.15) is 11.5 Å². The number of rotatable bonds is 5. The lowest BCUT2D eigenvalue weighted by Crippen LogP contribution is -2.24. The maximum atomic E-state index is 13.6. The summed E-state index contributed by atoms with van der Waals surface area (Å²) in [6.07, 6.45) is 1.47. The normalized spacial score (nSPS) is 10.3. The van der Waals surface area contributed by atoms with Crippen LogP contribution in [0.2, 0.25) is 5.02 Å². The molecular formula is C18H14ClFN4O. The van der Waals surface area contributed by atoms with Crippen molar-refractivity contribution in [3.8, 4) is 0 Å². The smallest absolute Gasteiger partial charge is 0.270 e. The van der Waals surface area contributed by atoms with Gasteiger partial charge in [-0.25, -0.2) is 14.4 Å². The summed E-state index contributed by atoms with van der Waals surface area (Å²) in [5, 5.41) is 6.19. The third-order valence-electron chi connectivity index (χ3n) is 3.37. The second-order valence-corrected chi connectivity index (χ2v) is 5.61. The Bertz CT molecular complexity index is 904. The lowest BCUT2D eigenvalue weighted by atomic mass is 10.2. The van der Waals surface area contributed by atoms with Gasteiger partial charge in [-0.2, -0.15) is 0 Å². The SMILES string of the molecule is O=C(NCc1ccccc1F)c1ccnc(Nc2cccc(Cl)c2)n1. The summed E-state index contributed by atoms with van der Waals surface area (Å²) in [5.74, 6) is -0.519. The van der Waals surface area contributed by atoms with Crippen LogP contribution < -0.4 is 10.6 Å². The molecule has 0 aliphatic carbocycles. The monoisotopic (exact) mass is 356 g/mol. The van der Waals surface area contributed by atoms with Gasteiger partial charge >= 0.3 is 0 Å². The molecule has 25 heavy (non-hydrogen) atoms. The average Bonchev–Trinajstić information content (AvgIpc) is 2.61. The Morgan fingerprint density at radius 1 is 1.12 bits per heavy atom. The molecule has 1 amide bonds. The molecule has 0 fully saturated rings. The first-order valence-electron chi connectivity index (χ1n) is 7.49. The fraction of sp³-hybridized carbons (Fsp3) is 0.0556. The summed E-state index contributed by atoms with van der Waals surface area (Å²) < 4.78 is 13.6. The molecule has 7 heteroatoms. The van der Waals surface area contributed by atoms with Crippen LogP contribution in [-0.2, 0) is 6.54 Å². The summed E-state index contributed by atoms with van der Waals surface area (Å²) in [5.41, 5.74) is 1.29. The van der Waals surface area contributed by atoms with Gasteiger partial charge < -0.3 is 10.6 Å². The van der Waals surface area contributed by atoms with Gasteiger partial charge in [-0.3, -0.25) is 4.79 Å². The standard InChI is InChI=1S/C18H14ClFN4O/c19-13-5-3-6-14(10-13)23-18-21-9-8-16(24-18)17(25)22-11-12-4-1-2-7-15(12)20/h1-10H,11H2,(H,22,25)(H,21,23,24). The first kappa shape index (κ1) is 16.9. The topological polar surface area (TPSA) is 66.9 Å². The van der Waals surface area contributed by atoms with E-state index in [2.05, 4.69) is 20.6 Å². The number of carbonyl (C=O) groups excluding carboxylic acids is 1. The molecule has 0 saturated carbocycles. The number of hydrogen-bond acceptors (Lipinski definition) is 4. The van der Waals surface area contributed by atoms with E-state index in [-0.39, 0.29) is 24.0 Å². The van der Waals surface area contributed by atoms with Crippen molar-refractivity contribution in [3.63, 3.8) is 0 Å². The van der Waals surface area contributed by atoms with Gasteiger partial charge in [0.2, 0.25) is 5.95 Å². The van der Waals surface area contributed by atoms with Gasteiger partial charge in [0.25, 0.3) is 5.91 Å². The van der Waals surface area contributed by atoms with Crippen molar-refractivity contribution in [2.75, 3.05) is 5.32 Å². The molecule has 0 spiro atoms. The summed E-state index contributed by atoms with van der Waals surface area (Å²) in [4.78, 5) is 20.5. The third kappa shape index (κ3) is 4.51. The highest BCUT2D eigenvalue weighted by Gasteiger charge is 2.10. The van der Waals surface area contributed by atoms with Crippen LogP contribution in [-0.4, -0.2) is 15.9 Å². The molecule has 1 aromatic heterocycles. The van der Waals surface area contributed by atoms with E-state index >= 15 is 0 Å². The lowest BCUT2D eigenvalue weighted by Gasteiger charge is -2.08. The molecule has 2 N–H and O–H groups in total. The molecule has 0 atom stereocenters. The molecule has 3 rings (SSSR count). The molecule has 0 aliphatic heterocycles. The highest BCUT2D eigenvalue weighted by atomic mass is 35.5. The Morgan fingerprint density at radius 2 is 1.96 bits per heavy atom. The number of amides is 1. The van der Waals surface area contributed by atoms with Crippen molar-refractivity contribution >= 4 is 29.1 Å². The van der Waals surface area contributed by atoms with E-state index in [1.807, 2.05) is 0 Å². The Morgan fingerprint density at radius 3 is 2.76 bits per heavy atom. The van der Waals surface area contributed by atoms with Crippen molar-refractivity contribution < 1.29 is 9.18 Å². The third-order valence-corrected chi connectivity index (χ3v) is 3.60. The van der Waals surface area contributed by atoms with Crippen LogP contribution in [0, 0.1) is 5.82 Å². The number of benzene rings is 2. The molecule has 3 aromatic rings. The zero-order valence-electron chi connectivity index (χ0n) is 13.0. The summed E-state index contributed by atoms with van der Waals surface area (Å²) >= 11 is 5.93.